The predicted octanol–water partition coefficient (Wildman–Crippen LogP) is 3.74. The molecular weight excluding hydrogens is 308 g/mol. The number of hydrogen-bond donors (Lipinski definition) is 1. The Balaban J connectivity index is 1.82. The van der Waals surface area contributed by atoms with Crippen LogP contribution in [0.4, 0.5) is 13.9 Å². The predicted molar refractivity (Wildman–Crippen MR) is 79.7 cm³/mol. The first-order chi connectivity index (χ1) is 10.6. The largest absolute Gasteiger partial charge is 0.296 e. The van der Waals surface area contributed by atoms with Gasteiger partial charge in [-0.3, -0.25) is 10.1 Å². The van der Waals surface area contributed by atoms with E-state index < -0.39 is 23.1 Å². The van der Waals surface area contributed by atoms with E-state index in [4.69, 9.17) is 0 Å². The van der Waals surface area contributed by atoms with Crippen molar-refractivity contribution in [3.8, 4) is 10.6 Å². The molecule has 0 spiro atoms. The molecule has 110 valence electrons. The minimum atomic E-state index is -0.926. The number of anilines is 1. The summed E-state index contributed by atoms with van der Waals surface area (Å²) < 4.78 is 27.1. The molecule has 3 rings (SSSR count). The smallest absolute Gasteiger partial charge is 0.263 e. The van der Waals surface area contributed by atoms with Gasteiger partial charge in [-0.15, -0.1) is 10.2 Å². The molecule has 22 heavy (non-hydrogen) atoms. The van der Waals surface area contributed by atoms with Crippen molar-refractivity contribution in [1.29, 1.82) is 0 Å². The lowest BCUT2D eigenvalue weighted by molar-refractivity contribution is 0.101. The molecule has 1 heterocycles. The van der Waals surface area contributed by atoms with Gasteiger partial charge in [0.05, 0.1) is 0 Å². The summed E-state index contributed by atoms with van der Waals surface area (Å²) in [5, 5.41) is 10.9. The molecule has 3 aromatic rings. The summed E-state index contributed by atoms with van der Waals surface area (Å²) in [4.78, 5) is 11.9. The lowest BCUT2D eigenvalue weighted by atomic mass is 10.2. The normalized spacial score (nSPS) is 10.5. The molecule has 2 aromatic carbocycles. The first-order valence-electron chi connectivity index (χ1n) is 6.29. The van der Waals surface area contributed by atoms with Crippen molar-refractivity contribution in [2.45, 2.75) is 0 Å². The minimum absolute atomic E-state index is 0.173. The molecule has 0 radical (unpaired) electrons. The number of aromatic nitrogens is 2. The Kier molecular flexibility index (Phi) is 3.88. The molecule has 0 saturated carbocycles. The van der Waals surface area contributed by atoms with E-state index >= 15 is 0 Å². The van der Waals surface area contributed by atoms with Crippen molar-refractivity contribution in [3.63, 3.8) is 0 Å². The van der Waals surface area contributed by atoms with E-state index in [1.807, 2.05) is 30.3 Å². The van der Waals surface area contributed by atoms with Crippen LogP contribution in [0.2, 0.25) is 0 Å². The number of carbonyl (C=O) groups excluding carboxylic acids is 1. The summed E-state index contributed by atoms with van der Waals surface area (Å²) in [5.74, 6) is -2.75. The van der Waals surface area contributed by atoms with Gasteiger partial charge in [0.2, 0.25) is 5.13 Å². The van der Waals surface area contributed by atoms with Crippen molar-refractivity contribution in [1.82, 2.24) is 10.2 Å². The van der Waals surface area contributed by atoms with Gasteiger partial charge in [0, 0.05) is 5.56 Å². The summed E-state index contributed by atoms with van der Waals surface area (Å²) in [5.41, 5.74) is 0.205. The van der Waals surface area contributed by atoms with Gasteiger partial charge < -0.3 is 0 Å². The summed E-state index contributed by atoms with van der Waals surface area (Å²) >= 11 is 1.12. The highest BCUT2D eigenvalue weighted by Gasteiger charge is 2.18. The monoisotopic (exact) mass is 317 g/mol. The zero-order chi connectivity index (χ0) is 15.5. The van der Waals surface area contributed by atoms with Crippen LogP contribution >= 0.6 is 11.3 Å². The van der Waals surface area contributed by atoms with Gasteiger partial charge in [-0.2, -0.15) is 0 Å². The van der Waals surface area contributed by atoms with Crippen LogP contribution in [0.3, 0.4) is 0 Å². The second kappa shape index (κ2) is 5.98. The molecule has 0 aliphatic carbocycles. The van der Waals surface area contributed by atoms with Crippen LogP contribution in [-0.4, -0.2) is 16.1 Å². The molecule has 7 heteroatoms. The fourth-order valence-electron chi connectivity index (χ4n) is 1.85. The van der Waals surface area contributed by atoms with Crippen LogP contribution in [-0.2, 0) is 0 Å². The Morgan fingerprint density at radius 2 is 1.64 bits per heavy atom. The molecular formula is C15H9F2N3OS. The van der Waals surface area contributed by atoms with Gasteiger partial charge >= 0.3 is 0 Å². The summed E-state index contributed by atoms with van der Waals surface area (Å²) in [6, 6.07) is 12.5. The van der Waals surface area contributed by atoms with Crippen molar-refractivity contribution in [2.24, 2.45) is 0 Å². The van der Waals surface area contributed by atoms with Crippen molar-refractivity contribution < 1.29 is 13.6 Å². The van der Waals surface area contributed by atoms with Crippen LogP contribution < -0.4 is 5.32 Å². The summed E-state index contributed by atoms with van der Waals surface area (Å²) in [7, 11) is 0. The van der Waals surface area contributed by atoms with Gasteiger partial charge in [0.1, 0.15) is 22.2 Å². The Morgan fingerprint density at radius 1 is 0.955 bits per heavy atom. The van der Waals surface area contributed by atoms with Gasteiger partial charge in [0.15, 0.2) is 0 Å². The van der Waals surface area contributed by atoms with E-state index in [2.05, 4.69) is 15.5 Å². The summed E-state index contributed by atoms with van der Waals surface area (Å²) in [6.07, 6.45) is 0. The first-order valence-corrected chi connectivity index (χ1v) is 7.11. The molecule has 4 nitrogen and oxygen atoms in total. The van der Waals surface area contributed by atoms with Crippen LogP contribution in [0.25, 0.3) is 10.6 Å². The number of halogens is 2. The molecule has 1 aromatic heterocycles. The van der Waals surface area contributed by atoms with Gasteiger partial charge in [-0.25, -0.2) is 8.78 Å². The molecule has 0 aliphatic heterocycles. The topological polar surface area (TPSA) is 54.9 Å². The Morgan fingerprint density at radius 3 is 2.32 bits per heavy atom. The maximum atomic E-state index is 13.5. The van der Waals surface area contributed by atoms with E-state index in [0.717, 1.165) is 29.0 Å². The second-order valence-electron chi connectivity index (χ2n) is 4.33. The lowest BCUT2D eigenvalue weighted by Crippen LogP contribution is -2.15. The second-order valence-corrected chi connectivity index (χ2v) is 5.31. The molecule has 1 N–H and O–H groups in total. The van der Waals surface area contributed by atoms with Gasteiger partial charge in [-0.1, -0.05) is 47.7 Å². The fourth-order valence-corrected chi connectivity index (χ4v) is 2.59. The molecule has 0 fully saturated rings. The maximum absolute atomic E-state index is 13.5. The van der Waals surface area contributed by atoms with Crippen LogP contribution in [0.1, 0.15) is 10.4 Å². The van der Waals surface area contributed by atoms with Crippen molar-refractivity contribution >= 4 is 22.4 Å². The molecule has 0 unspecified atom stereocenters. The van der Waals surface area contributed by atoms with Crippen LogP contribution in [0.5, 0.6) is 0 Å². The highest BCUT2D eigenvalue weighted by atomic mass is 32.1. The standard InChI is InChI=1S/C15H9F2N3OS/c16-10-7-4-8-11(17)12(10)13(21)18-15-20-19-14(22-15)9-5-2-1-3-6-9/h1-8H,(H,18,20,21). The number of amides is 1. The quantitative estimate of drug-likeness (QED) is 0.800. The third kappa shape index (κ3) is 2.84. The van der Waals surface area contributed by atoms with Crippen LogP contribution in [0, 0.1) is 11.6 Å². The first kappa shape index (κ1) is 14.3. The maximum Gasteiger partial charge on any atom is 0.263 e. The number of hydrogen-bond acceptors (Lipinski definition) is 4. The average Bonchev–Trinajstić information content (AvgIpc) is 2.96. The molecule has 0 atom stereocenters. The highest BCUT2D eigenvalue weighted by molar-refractivity contribution is 7.18. The Hall–Kier alpha value is -2.67. The van der Waals surface area contributed by atoms with E-state index in [9.17, 15) is 13.6 Å². The van der Waals surface area contributed by atoms with E-state index in [1.165, 1.54) is 6.07 Å². The number of benzene rings is 2. The highest BCUT2D eigenvalue weighted by Crippen LogP contribution is 2.26. The average molecular weight is 317 g/mol. The molecule has 0 aliphatic rings. The minimum Gasteiger partial charge on any atom is -0.296 e. The number of nitrogens with zero attached hydrogens (tertiary/aromatic N) is 2. The molecule has 0 bridgehead atoms. The van der Waals surface area contributed by atoms with Crippen molar-refractivity contribution in [2.75, 3.05) is 5.32 Å². The van der Waals surface area contributed by atoms with Crippen LogP contribution in [0.15, 0.2) is 48.5 Å². The number of carbonyl (C=O) groups is 1. The zero-order valence-corrected chi connectivity index (χ0v) is 11.9. The summed E-state index contributed by atoms with van der Waals surface area (Å²) in [6.45, 7) is 0. The SMILES string of the molecule is O=C(Nc1nnc(-c2ccccc2)s1)c1c(F)cccc1F. The van der Waals surface area contributed by atoms with E-state index in [1.54, 1.807) is 0 Å². The van der Waals surface area contributed by atoms with E-state index in [0.29, 0.717) is 5.01 Å². The van der Waals surface area contributed by atoms with Gasteiger partial charge in [-0.05, 0) is 12.1 Å². The fraction of sp³-hybridized carbons (Fsp3) is 0. The molecule has 0 saturated heterocycles. The third-order valence-corrected chi connectivity index (χ3v) is 3.74. The van der Waals surface area contributed by atoms with Crippen molar-refractivity contribution in [3.05, 3.63) is 65.7 Å². The van der Waals surface area contributed by atoms with E-state index in [-0.39, 0.29) is 5.13 Å². The van der Waals surface area contributed by atoms with Gasteiger partial charge in [0.25, 0.3) is 5.91 Å². The third-order valence-electron chi connectivity index (χ3n) is 2.86. The molecule has 1 amide bonds. The Bertz CT molecular complexity index is 800. The number of rotatable bonds is 3. The lowest BCUT2D eigenvalue weighted by Gasteiger charge is -2.03. The Labute approximate surface area is 128 Å². The number of nitrogens with one attached hydrogen (secondary N) is 1. The zero-order valence-electron chi connectivity index (χ0n) is 11.1.